The first-order chi connectivity index (χ1) is 17.7. The van der Waals surface area contributed by atoms with E-state index in [1.54, 1.807) is 0 Å². The summed E-state index contributed by atoms with van der Waals surface area (Å²) < 4.78 is 43.1. The van der Waals surface area contributed by atoms with Gasteiger partial charge in [0.25, 0.3) is 0 Å². The Morgan fingerprint density at radius 3 is 1.58 bits per heavy atom. The van der Waals surface area contributed by atoms with Crippen molar-refractivity contribution in [1.82, 2.24) is 0 Å². The zero-order valence-electron chi connectivity index (χ0n) is 20.8. The molecule has 4 rings (SSSR count). The fraction of sp³-hybridized carbons (Fsp3) is 0.357. The predicted octanol–water partition coefficient (Wildman–Crippen LogP) is 5.62. The van der Waals surface area contributed by atoms with E-state index in [9.17, 15) is 0 Å². The molecule has 192 valence electrons. The molecule has 3 aromatic carbocycles. The second-order valence-corrected chi connectivity index (χ2v) is 10.2. The average Bonchev–Trinajstić information content (AvgIpc) is 3.74. The molecule has 0 bridgehead atoms. The van der Waals surface area contributed by atoms with E-state index >= 15 is 0 Å². The number of hydrogen-bond acceptors (Lipinski definition) is 7. The maximum absolute atomic E-state index is 6.50. The van der Waals surface area contributed by atoms with Gasteiger partial charge in [-0.3, -0.25) is 4.43 Å². The van der Waals surface area contributed by atoms with Crippen LogP contribution in [0.2, 0.25) is 0 Å². The Morgan fingerprint density at radius 2 is 1.19 bits per heavy atom. The zero-order valence-corrected chi connectivity index (χ0v) is 21.8. The lowest BCUT2D eigenvalue weighted by atomic mass is 10.3. The van der Waals surface area contributed by atoms with Gasteiger partial charge in [-0.15, -0.1) is 0 Å². The Hall–Kier alpha value is -2.88. The van der Waals surface area contributed by atoms with Crippen molar-refractivity contribution in [2.24, 2.45) is 0 Å². The van der Waals surface area contributed by atoms with Crippen LogP contribution in [-0.2, 0) is 18.6 Å². The average molecular weight is 511 g/mol. The molecule has 0 saturated carbocycles. The number of benzene rings is 3. The van der Waals surface area contributed by atoms with Crippen LogP contribution in [0.5, 0.6) is 17.2 Å². The monoisotopic (exact) mass is 510 g/mol. The van der Waals surface area contributed by atoms with E-state index in [1.165, 1.54) is 0 Å². The molecule has 1 heterocycles. The summed E-state index contributed by atoms with van der Waals surface area (Å²) in [5, 5.41) is 0. The lowest BCUT2D eigenvalue weighted by Crippen LogP contribution is -2.60. The smallest absolute Gasteiger partial charge is 0.462 e. The Labute approximate surface area is 214 Å². The van der Waals surface area contributed by atoms with Gasteiger partial charge in [-0.25, -0.2) is 0 Å². The molecule has 1 fully saturated rings. The summed E-state index contributed by atoms with van der Waals surface area (Å²) in [7, 11) is -3.90. The van der Waals surface area contributed by atoms with Crippen molar-refractivity contribution >= 4 is 9.05 Å². The van der Waals surface area contributed by atoms with Gasteiger partial charge in [0.1, 0.15) is 23.4 Å². The maximum Gasteiger partial charge on any atom is 0.895 e. The number of epoxide rings is 1. The minimum atomic E-state index is -3.90. The van der Waals surface area contributed by atoms with E-state index in [0.29, 0.717) is 36.9 Å². The Morgan fingerprint density at radius 1 is 0.722 bits per heavy atom. The molecule has 1 aliphatic heterocycles. The lowest BCUT2D eigenvalue weighted by molar-refractivity contribution is -0.146. The molecular weight excluding hydrogens is 476 g/mol. The molecule has 7 nitrogen and oxygen atoms in total. The molecule has 0 spiro atoms. The topological polar surface area (TPSA) is 67.9 Å². The molecule has 3 unspecified atom stereocenters. The van der Waals surface area contributed by atoms with Crippen LogP contribution in [0.1, 0.15) is 26.7 Å². The van der Waals surface area contributed by atoms with E-state index in [1.807, 2.05) is 97.9 Å². The highest BCUT2D eigenvalue weighted by Crippen LogP contribution is 2.27. The quantitative estimate of drug-likeness (QED) is 0.141. The van der Waals surface area contributed by atoms with Crippen LogP contribution in [0.3, 0.4) is 0 Å². The zero-order chi connectivity index (χ0) is 25.1. The van der Waals surface area contributed by atoms with Crippen molar-refractivity contribution in [3.05, 3.63) is 91.0 Å². The highest BCUT2D eigenvalue weighted by Gasteiger charge is 2.57. The third-order valence-electron chi connectivity index (χ3n) is 5.41. The summed E-state index contributed by atoms with van der Waals surface area (Å²) in [5.41, 5.74) is 0. The highest BCUT2D eigenvalue weighted by atomic mass is 28.4. The van der Waals surface area contributed by atoms with Crippen molar-refractivity contribution in [2.75, 3.05) is 19.8 Å². The van der Waals surface area contributed by atoms with Gasteiger partial charge < -0.3 is 27.5 Å². The van der Waals surface area contributed by atoms with Gasteiger partial charge in [0.15, 0.2) is 6.29 Å². The molecule has 0 amide bonds. The summed E-state index contributed by atoms with van der Waals surface area (Å²) in [6.45, 7) is 5.75. The largest absolute Gasteiger partial charge is 0.895 e. The van der Waals surface area contributed by atoms with Gasteiger partial charge in [-0.1, -0.05) is 68.4 Å². The van der Waals surface area contributed by atoms with Crippen LogP contribution < -0.4 is 13.3 Å². The molecule has 36 heavy (non-hydrogen) atoms. The Balaban J connectivity index is 1.56. The summed E-state index contributed by atoms with van der Waals surface area (Å²) in [5.74, 6) is 1.72. The predicted molar refractivity (Wildman–Crippen MR) is 138 cm³/mol. The number of para-hydroxylation sites is 3. The van der Waals surface area contributed by atoms with Crippen LogP contribution in [-0.4, -0.2) is 47.4 Å². The summed E-state index contributed by atoms with van der Waals surface area (Å²) >= 11 is 0. The summed E-state index contributed by atoms with van der Waals surface area (Å²) in [4.78, 5) is 0. The summed E-state index contributed by atoms with van der Waals surface area (Å²) in [6.07, 6.45) is 0.874. The molecule has 8 heteroatoms. The van der Waals surface area contributed by atoms with E-state index in [2.05, 4.69) is 6.92 Å². The van der Waals surface area contributed by atoms with Gasteiger partial charge in [0, 0.05) is 0 Å². The lowest BCUT2D eigenvalue weighted by Gasteiger charge is -2.31. The van der Waals surface area contributed by atoms with Gasteiger partial charge in [0.2, 0.25) is 0 Å². The van der Waals surface area contributed by atoms with Gasteiger partial charge in [0.05, 0.1) is 25.9 Å². The van der Waals surface area contributed by atoms with Crippen molar-refractivity contribution in [3.8, 4) is 17.2 Å². The first kappa shape index (κ1) is 26.2. The third-order valence-corrected chi connectivity index (χ3v) is 7.42. The molecule has 0 N–H and O–H groups in total. The van der Waals surface area contributed by atoms with Crippen LogP contribution >= 0.6 is 0 Å². The van der Waals surface area contributed by atoms with Gasteiger partial charge >= 0.3 is 9.05 Å². The fourth-order valence-corrected chi connectivity index (χ4v) is 5.44. The third kappa shape index (κ3) is 8.36. The molecule has 0 aromatic heterocycles. The first-order valence-electron chi connectivity index (χ1n) is 12.4. The second-order valence-electron chi connectivity index (χ2n) is 8.35. The van der Waals surface area contributed by atoms with Crippen LogP contribution in [0.15, 0.2) is 91.0 Å². The van der Waals surface area contributed by atoms with E-state index in [-0.39, 0.29) is 12.2 Å². The van der Waals surface area contributed by atoms with Crippen molar-refractivity contribution in [3.63, 3.8) is 0 Å². The summed E-state index contributed by atoms with van der Waals surface area (Å²) in [6, 6.07) is 28.2. The number of rotatable bonds is 16. The fourth-order valence-electron chi connectivity index (χ4n) is 3.34. The minimum absolute atomic E-state index is 0.0666. The van der Waals surface area contributed by atoms with E-state index in [0.717, 1.165) is 13.0 Å². The molecule has 1 aliphatic rings. The van der Waals surface area contributed by atoms with Crippen LogP contribution in [0.25, 0.3) is 0 Å². The molecular formula is C28H34O7Si. The molecule has 3 atom stereocenters. The first-order valence-corrected chi connectivity index (χ1v) is 14.1. The van der Waals surface area contributed by atoms with Crippen molar-refractivity contribution in [1.29, 1.82) is 0 Å². The number of hydrogen-bond donors (Lipinski definition) is 0. The molecule has 1 saturated heterocycles. The van der Waals surface area contributed by atoms with E-state index in [4.69, 9.17) is 31.9 Å². The molecule has 0 radical (unpaired) electrons. The normalized spacial score (nSPS) is 16.7. The van der Waals surface area contributed by atoms with E-state index < -0.39 is 15.3 Å². The Bertz CT molecular complexity index is 901. The van der Waals surface area contributed by atoms with Crippen LogP contribution in [0, 0.1) is 0 Å². The van der Waals surface area contributed by atoms with Crippen molar-refractivity contribution in [2.45, 2.75) is 45.2 Å². The molecule has 0 aliphatic carbocycles. The van der Waals surface area contributed by atoms with Gasteiger partial charge in [-0.05, 0) is 49.2 Å². The standard InChI is InChI=1S/C28H34O7Si/c1-3-23(29-21-27-22-30-27)20-31-28(4-2)35-36(32-24-14-8-5-9-15-24,33-25-16-10-6-11-17-25)34-26-18-12-7-13-19-26/h5-19,23,27-28H,3-4,20-22H2,1-2H3. The Kier molecular flexibility index (Phi) is 9.77. The SMILES string of the molecule is CCC(COC(CC)O[Si](Oc1ccccc1)(Oc1ccccc1)Oc1ccccc1)OCC1CO1. The second kappa shape index (κ2) is 13.4. The highest BCUT2D eigenvalue weighted by molar-refractivity contribution is 6.56. The molecule has 3 aromatic rings. The number of ether oxygens (including phenoxy) is 3. The van der Waals surface area contributed by atoms with Crippen LogP contribution in [0.4, 0.5) is 0 Å². The minimum Gasteiger partial charge on any atom is -0.462 e. The van der Waals surface area contributed by atoms with Crippen molar-refractivity contribution < 1.29 is 31.9 Å². The van der Waals surface area contributed by atoms with Gasteiger partial charge in [-0.2, -0.15) is 0 Å². The maximum atomic E-state index is 6.50.